The molecule has 1 rings (SSSR count). The predicted octanol–water partition coefficient (Wildman–Crippen LogP) is 1.09. The van der Waals surface area contributed by atoms with Crippen molar-refractivity contribution in [3.63, 3.8) is 0 Å². The summed E-state index contributed by atoms with van der Waals surface area (Å²) < 4.78 is 22.8. The second kappa shape index (κ2) is 3.93. The van der Waals surface area contributed by atoms with E-state index in [1.54, 1.807) is 0 Å². The van der Waals surface area contributed by atoms with Gasteiger partial charge in [-0.1, -0.05) is 6.92 Å². The maximum absolute atomic E-state index is 11.4. The predicted molar refractivity (Wildman–Crippen MR) is 53.4 cm³/mol. The molecule has 0 fully saturated rings. The highest BCUT2D eigenvalue weighted by molar-refractivity contribution is 7.91. The van der Waals surface area contributed by atoms with Crippen LogP contribution in [0.15, 0.2) is 17.3 Å². The second-order valence-electron chi connectivity index (χ2n) is 2.97. The molecule has 0 aliphatic heterocycles. The van der Waals surface area contributed by atoms with Gasteiger partial charge in [-0.3, -0.25) is 10.1 Å². The lowest BCUT2D eigenvalue weighted by Crippen LogP contribution is -2.07. The van der Waals surface area contributed by atoms with E-state index in [1.165, 1.54) is 19.9 Å². The Bertz CT molecular complexity index is 495. The van der Waals surface area contributed by atoms with E-state index in [2.05, 4.69) is 4.98 Å². The van der Waals surface area contributed by atoms with Crippen LogP contribution < -0.4 is 0 Å². The first-order valence-electron chi connectivity index (χ1n) is 4.22. The molecule has 0 radical (unpaired) electrons. The summed E-state index contributed by atoms with van der Waals surface area (Å²) >= 11 is 0. The number of nitrogens with zero attached hydrogens (tertiary/aromatic N) is 2. The fourth-order valence-electron chi connectivity index (χ4n) is 1.03. The standard InChI is InChI=1S/C8H10N2O4S/c1-3-15(13,14)8-4-6(2)7(5-9-8)10(11)12/h4-5H,3H2,1-2H3. The number of pyridine rings is 1. The van der Waals surface area contributed by atoms with Crippen LogP contribution in [0.1, 0.15) is 12.5 Å². The molecule has 0 saturated carbocycles. The van der Waals surface area contributed by atoms with Crippen molar-refractivity contribution >= 4 is 15.5 Å². The summed E-state index contributed by atoms with van der Waals surface area (Å²) in [6, 6.07) is 1.22. The molecule has 15 heavy (non-hydrogen) atoms. The molecule has 1 heterocycles. The van der Waals surface area contributed by atoms with Crippen molar-refractivity contribution in [2.75, 3.05) is 5.75 Å². The molecule has 0 saturated heterocycles. The van der Waals surface area contributed by atoms with Crippen LogP contribution in [0.2, 0.25) is 0 Å². The van der Waals surface area contributed by atoms with Crippen molar-refractivity contribution in [1.29, 1.82) is 0 Å². The van der Waals surface area contributed by atoms with Crippen LogP contribution in [0.5, 0.6) is 0 Å². The Balaban J connectivity index is 3.30. The van der Waals surface area contributed by atoms with E-state index in [-0.39, 0.29) is 16.5 Å². The summed E-state index contributed by atoms with van der Waals surface area (Å²) in [6.07, 6.45) is 0.970. The Labute approximate surface area is 87.0 Å². The molecule has 82 valence electrons. The van der Waals surface area contributed by atoms with Crippen molar-refractivity contribution in [2.45, 2.75) is 18.9 Å². The molecule has 0 spiro atoms. The Morgan fingerprint density at radius 2 is 2.13 bits per heavy atom. The second-order valence-corrected chi connectivity index (χ2v) is 5.19. The van der Waals surface area contributed by atoms with E-state index in [0.29, 0.717) is 5.56 Å². The number of sulfone groups is 1. The van der Waals surface area contributed by atoms with Gasteiger partial charge in [-0.2, -0.15) is 0 Å². The van der Waals surface area contributed by atoms with Crippen LogP contribution >= 0.6 is 0 Å². The van der Waals surface area contributed by atoms with Gasteiger partial charge in [0, 0.05) is 5.56 Å². The Hall–Kier alpha value is -1.50. The molecular formula is C8H10N2O4S. The van der Waals surface area contributed by atoms with Crippen molar-refractivity contribution in [3.8, 4) is 0 Å². The number of aryl methyl sites for hydroxylation is 1. The minimum Gasteiger partial charge on any atom is -0.258 e. The first-order valence-corrected chi connectivity index (χ1v) is 5.87. The molecule has 0 aromatic carbocycles. The highest BCUT2D eigenvalue weighted by Gasteiger charge is 2.18. The highest BCUT2D eigenvalue weighted by Crippen LogP contribution is 2.19. The van der Waals surface area contributed by atoms with Crippen LogP contribution in [-0.4, -0.2) is 24.1 Å². The molecular weight excluding hydrogens is 220 g/mol. The summed E-state index contributed by atoms with van der Waals surface area (Å²) in [5.74, 6) is -0.0722. The fourth-order valence-corrected chi connectivity index (χ4v) is 1.90. The first-order chi connectivity index (χ1) is 6.88. The van der Waals surface area contributed by atoms with Crippen LogP contribution in [0.4, 0.5) is 5.69 Å². The van der Waals surface area contributed by atoms with E-state index >= 15 is 0 Å². The van der Waals surface area contributed by atoms with E-state index < -0.39 is 14.8 Å². The molecule has 0 N–H and O–H groups in total. The Morgan fingerprint density at radius 3 is 2.53 bits per heavy atom. The maximum Gasteiger partial charge on any atom is 0.290 e. The molecule has 6 nitrogen and oxygen atoms in total. The van der Waals surface area contributed by atoms with E-state index in [1.807, 2.05) is 0 Å². The third-order valence-corrected chi connectivity index (χ3v) is 3.57. The SMILES string of the molecule is CCS(=O)(=O)c1cc(C)c([N+](=O)[O-])cn1. The van der Waals surface area contributed by atoms with Crippen LogP contribution in [0, 0.1) is 17.0 Å². The van der Waals surface area contributed by atoms with Gasteiger partial charge in [0.15, 0.2) is 14.9 Å². The van der Waals surface area contributed by atoms with Gasteiger partial charge in [0.25, 0.3) is 5.69 Å². The smallest absolute Gasteiger partial charge is 0.258 e. The van der Waals surface area contributed by atoms with Gasteiger partial charge in [0.2, 0.25) is 0 Å². The number of hydrogen-bond acceptors (Lipinski definition) is 5. The molecule has 0 unspecified atom stereocenters. The summed E-state index contributed by atoms with van der Waals surface area (Å²) in [5, 5.41) is 10.4. The molecule has 0 aliphatic carbocycles. The summed E-state index contributed by atoms with van der Waals surface area (Å²) in [7, 11) is -3.40. The van der Waals surface area contributed by atoms with Crippen molar-refractivity contribution in [2.24, 2.45) is 0 Å². The van der Waals surface area contributed by atoms with Gasteiger partial charge in [0.05, 0.1) is 10.7 Å². The van der Waals surface area contributed by atoms with Gasteiger partial charge in [-0.25, -0.2) is 13.4 Å². The summed E-state index contributed by atoms with van der Waals surface area (Å²) in [6.45, 7) is 2.97. The van der Waals surface area contributed by atoms with Gasteiger partial charge < -0.3 is 0 Å². The fraction of sp³-hybridized carbons (Fsp3) is 0.375. The third-order valence-electron chi connectivity index (χ3n) is 1.95. The van der Waals surface area contributed by atoms with Gasteiger partial charge in [-0.05, 0) is 13.0 Å². The van der Waals surface area contributed by atoms with E-state index in [0.717, 1.165) is 6.20 Å². The average molecular weight is 230 g/mol. The largest absolute Gasteiger partial charge is 0.290 e. The highest BCUT2D eigenvalue weighted by atomic mass is 32.2. The average Bonchev–Trinajstić information content (AvgIpc) is 2.17. The zero-order valence-corrected chi connectivity index (χ0v) is 9.11. The molecule has 0 atom stereocenters. The Kier molecular flexibility index (Phi) is 3.04. The lowest BCUT2D eigenvalue weighted by atomic mass is 10.3. The minimum atomic E-state index is -3.40. The minimum absolute atomic E-state index is 0.0722. The number of rotatable bonds is 3. The monoisotopic (exact) mass is 230 g/mol. The number of hydrogen-bond donors (Lipinski definition) is 0. The Morgan fingerprint density at radius 1 is 1.53 bits per heavy atom. The molecule has 0 amide bonds. The first kappa shape index (κ1) is 11.6. The normalized spacial score (nSPS) is 11.3. The van der Waals surface area contributed by atoms with E-state index in [4.69, 9.17) is 0 Å². The van der Waals surface area contributed by atoms with Gasteiger partial charge in [-0.15, -0.1) is 0 Å². The lowest BCUT2D eigenvalue weighted by molar-refractivity contribution is -0.385. The molecule has 0 aliphatic rings. The maximum atomic E-state index is 11.4. The zero-order valence-electron chi connectivity index (χ0n) is 8.30. The summed E-state index contributed by atoms with van der Waals surface area (Å²) in [5.41, 5.74) is 0.118. The van der Waals surface area contributed by atoms with Gasteiger partial charge >= 0.3 is 0 Å². The number of aromatic nitrogens is 1. The zero-order chi connectivity index (χ0) is 11.6. The van der Waals surface area contributed by atoms with Crippen molar-refractivity contribution in [3.05, 3.63) is 27.9 Å². The lowest BCUT2D eigenvalue weighted by Gasteiger charge is -2.01. The quantitative estimate of drug-likeness (QED) is 0.572. The molecule has 1 aromatic heterocycles. The molecule has 1 aromatic rings. The van der Waals surface area contributed by atoms with Crippen LogP contribution in [-0.2, 0) is 9.84 Å². The van der Waals surface area contributed by atoms with Gasteiger partial charge in [0.1, 0.15) is 6.20 Å². The number of nitro groups is 1. The van der Waals surface area contributed by atoms with Crippen LogP contribution in [0.25, 0.3) is 0 Å². The summed E-state index contributed by atoms with van der Waals surface area (Å²) in [4.78, 5) is 13.4. The third kappa shape index (κ3) is 2.30. The molecule has 7 heteroatoms. The topological polar surface area (TPSA) is 90.2 Å². The van der Waals surface area contributed by atoms with Crippen molar-refractivity contribution in [1.82, 2.24) is 4.98 Å². The molecule has 0 bridgehead atoms. The van der Waals surface area contributed by atoms with Crippen LogP contribution in [0.3, 0.4) is 0 Å². The van der Waals surface area contributed by atoms with E-state index in [9.17, 15) is 18.5 Å². The van der Waals surface area contributed by atoms with Crippen molar-refractivity contribution < 1.29 is 13.3 Å².